The average molecular weight is 198 g/mol. The van der Waals surface area contributed by atoms with E-state index in [2.05, 4.69) is 5.92 Å². The highest BCUT2D eigenvalue weighted by Crippen LogP contribution is 2.23. The molecule has 0 unspecified atom stereocenters. The van der Waals surface area contributed by atoms with E-state index in [9.17, 15) is 4.79 Å². The molecule has 0 bridgehead atoms. The van der Waals surface area contributed by atoms with Crippen molar-refractivity contribution in [2.45, 2.75) is 33.1 Å². The summed E-state index contributed by atoms with van der Waals surface area (Å²) in [4.78, 5) is 10.7. The Morgan fingerprint density at radius 1 is 1.50 bits per heavy atom. The number of carbonyl (C=O) groups is 1. The monoisotopic (exact) mass is 198 g/mol. The van der Waals surface area contributed by atoms with Gasteiger partial charge < -0.3 is 9.84 Å². The van der Waals surface area contributed by atoms with Crippen molar-refractivity contribution in [3.63, 3.8) is 0 Å². The largest absolute Gasteiger partial charge is 0.481 e. The van der Waals surface area contributed by atoms with Gasteiger partial charge in [-0.05, 0) is 26.7 Å². The SMILES string of the molecule is C#CCOCCCCC(C)(C)C(=O)O. The lowest BCUT2D eigenvalue weighted by molar-refractivity contribution is -0.147. The van der Waals surface area contributed by atoms with Gasteiger partial charge in [-0.2, -0.15) is 0 Å². The second kappa shape index (κ2) is 6.44. The maximum atomic E-state index is 10.7. The maximum Gasteiger partial charge on any atom is 0.309 e. The molecule has 0 saturated heterocycles. The van der Waals surface area contributed by atoms with Gasteiger partial charge in [0.1, 0.15) is 6.61 Å². The van der Waals surface area contributed by atoms with E-state index >= 15 is 0 Å². The Morgan fingerprint density at radius 3 is 2.64 bits per heavy atom. The van der Waals surface area contributed by atoms with Crippen LogP contribution >= 0.6 is 0 Å². The zero-order chi connectivity index (χ0) is 11.0. The van der Waals surface area contributed by atoms with Gasteiger partial charge in [-0.3, -0.25) is 4.79 Å². The first-order chi connectivity index (χ1) is 6.50. The van der Waals surface area contributed by atoms with Crippen molar-refractivity contribution < 1.29 is 14.6 Å². The van der Waals surface area contributed by atoms with Gasteiger partial charge in [0.15, 0.2) is 0 Å². The Labute approximate surface area is 85.5 Å². The molecule has 0 atom stereocenters. The average Bonchev–Trinajstić information content (AvgIpc) is 2.10. The Bertz CT molecular complexity index is 213. The van der Waals surface area contributed by atoms with Crippen LogP contribution in [0.4, 0.5) is 0 Å². The first-order valence-electron chi connectivity index (χ1n) is 4.75. The van der Waals surface area contributed by atoms with E-state index in [1.54, 1.807) is 13.8 Å². The third-order valence-corrected chi connectivity index (χ3v) is 2.10. The minimum atomic E-state index is -0.748. The normalized spacial score (nSPS) is 10.9. The smallest absolute Gasteiger partial charge is 0.309 e. The Morgan fingerprint density at radius 2 is 2.14 bits per heavy atom. The summed E-state index contributed by atoms with van der Waals surface area (Å²) >= 11 is 0. The fraction of sp³-hybridized carbons (Fsp3) is 0.727. The molecule has 0 amide bonds. The van der Waals surface area contributed by atoms with Crippen molar-refractivity contribution in [3.05, 3.63) is 0 Å². The van der Waals surface area contributed by atoms with Crippen molar-refractivity contribution in [2.75, 3.05) is 13.2 Å². The predicted molar refractivity (Wildman–Crippen MR) is 54.9 cm³/mol. The molecule has 3 heteroatoms. The number of terminal acetylenes is 1. The summed E-state index contributed by atoms with van der Waals surface area (Å²) < 4.78 is 5.07. The van der Waals surface area contributed by atoms with Crippen LogP contribution in [0.1, 0.15) is 33.1 Å². The summed E-state index contributed by atoms with van der Waals surface area (Å²) in [5.74, 6) is 1.63. The fourth-order valence-electron chi connectivity index (χ4n) is 1.01. The number of rotatable bonds is 7. The molecular formula is C11H18O3. The van der Waals surface area contributed by atoms with Crippen LogP contribution in [0.5, 0.6) is 0 Å². The number of hydrogen-bond acceptors (Lipinski definition) is 2. The first kappa shape index (κ1) is 13.0. The third-order valence-electron chi connectivity index (χ3n) is 2.10. The highest BCUT2D eigenvalue weighted by atomic mass is 16.5. The standard InChI is InChI=1S/C11H18O3/c1-4-8-14-9-6-5-7-11(2,3)10(12)13/h1H,5-9H2,2-3H3,(H,12,13). The molecule has 3 nitrogen and oxygen atoms in total. The van der Waals surface area contributed by atoms with Gasteiger partial charge in [0, 0.05) is 6.61 Å². The van der Waals surface area contributed by atoms with Gasteiger partial charge in [0.2, 0.25) is 0 Å². The molecule has 1 N–H and O–H groups in total. The van der Waals surface area contributed by atoms with Crippen molar-refractivity contribution in [1.82, 2.24) is 0 Å². The Hall–Kier alpha value is -1.01. The van der Waals surface area contributed by atoms with Crippen molar-refractivity contribution in [1.29, 1.82) is 0 Å². The van der Waals surface area contributed by atoms with Crippen LogP contribution in [-0.4, -0.2) is 24.3 Å². The van der Waals surface area contributed by atoms with E-state index in [4.69, 9.17) is 16.3 Å². The van der Waals surface area contributed by atoms with Gasteiger partial charge >= 0.3 is 5.97 Å². The second-order valence-electron chi connectivity index (χ2n) is 3.90. The van der Waals surface area contributed by atoms with Gasteiger partial charge in [0.25, 0.3) is 0 Å². The molecule has 0 aliphatic heterocycles. The molecule has 0 saturated carbocycles. The van der Waals surface area contributed by atoms with Gasteiger partial charge in [-0.15, -0.1) is 6.42 Å². The second-order valence-corrected chi connectivity index (χ2v) is 3.90. The van der Waals surface area contributed by atoms with Gasteiger partial charge in [-0.25, -0.2) is 0 Å². The van der Waals surface area contributed by atoms with E-state index in [0.29, 0.717) is 19.6 Å². The van der Waals surface area contributed by atoms with Crippen molar-refractivity contribution >= 4 is 5.97 Å². The summed E-state index contributed by atoms with van der Waals surface area (Å²) in [6, 6.07) is 0. The number of ether oxygens (including phenoxy) is 1. The molecular weight excluding hydrogens is 180 g/mol. The molecule has 0 radical (unpaired) electrons. The van der Waals surface area contributed by atoms with Gasteiger partial charge in [0.05, 0.1) is 5.41 Å². The van der Waals surface area contributed by atoms with Crippen LogP contribution in [-0.2, 0) is 9.53 Å². The number of carboxylic acid groups (broad SMARTS) is 1. The quantitative estimate of drug-likeness (QED) is 0.502. The molecule has 0 aromatic carbocycles. The molecule has 0 aromatic rings. The summed E-state index contributed by atoms with van der Waals surface area (Å²) in [7, 11) is 0. The minimum Gasteiger partial charge on any atom is -0.481 e. The fourth-order valence-corrected chi connectivity index (χ4v) is 1.01. The third kappa shape index (κ3) is 5.60. The van der Waals surface area contributed by atoms with E-state index < -0.39 is 11.4 Å². The lowest BCUT2D eigenvalue weighted by Gasteiger charge is -2.18. The van der Waals surface area contributed by atoms with E-state index in [1.165, 1.54) is 0 Å². The summed E-state index contributed by atoms with van der Waals surface area (Å²) in [6.07, 6.45) is 7.38. The Kier molecular flexibility index (Phi) is 5.98. The Balaban J connectivity index is 3.46. The highest BCUT2D eigenvalue weighted by molar-refractivity contribution is 5.73. The van der Waals surface area contributed by atoms with E-state index in [-0.39, 0.29) is 0 Å². The molecule has 0 spiro atoms. The molecule has 0 aromatic heterocycles. The number of carboxylic acids is 1. The number of aliphatic carboxylic acids is 1. The molecule has 14 heavy (non-hydrogen) atoms. The van der Waals surface area contributed by atoms with Crippen LogP contribution in [0.2, 0.25) is 0 Å². The zero-order valence-corrected chi connectivity index (χ0v) is 8.88. The topological polar surface area (TPSA) is 46.5 Å². The molecule has 0 heterocycles. The van der Waals surface area contributed by atoms with Crippen molar-refractivity contribution in [2.24, 2.45) is 5.41 Å². The van der Waals surface area contributed by atoms with Crippen LogP contribution in [0.15, 0.2) is 0 Å². The lowest BCUT2D eigenvalue weighted by atomic mass is 9.87. The molecule has 80 valence electrons. The molecule has 0 aliphatic rings. The van der Waals surface area contributed by atoms with Crippen LogP contribution in [0.3, 0.4) is 0 Å². The van der Waals surface area contributed by atoms with Crippen LogP contribution in [0.25, 0.3) is 0 Å². The van der Waals surface area contributed by atoms with Crippen molar-refractivity contribution in [3.8, 4) is 12.3 Å². The van der Waals surface area contributed by atoms with Gasteiger partial charge in [-0.1, -0.05) is 12.3 Å². The van der Waals surface area contributed by atoms with E-state index in [0.717, 1.165) is 12.8 Å². The van der Waals surface area contributed by atoms with E-state index in [1.807, 2.05) is 0 Å². The number of unbranched alkanes of at least 4 members (excludes halogenated alkanes) is 1. The lowest BCUT2D eigenvalue weighted by Crippen LogP contribution is -2.23. The van der Waals surface area contributed by atoms with Crippen LogP contribution in [0, 0.1) is 17.8 Å². The summed E-state index contributed by atoms with van der Waals surface area (Å²) in [5, 5.41) is 8.82. The van der Waals surface area contributed by atoms with Crippen LogP contribution < -0.4 is 0 Å². The molecule has 0 fully saturated rings. The highest BCUT2D eigenvalue weighted by Gasteiger charge is 2.25. The molecule has 0 rings (SSSR count). The summed E-state index contributed by atoms with van der Waals surface area (Å²) in [5.41, 5.74) is -0.633. The zero-order valence-electron chi connectivity index (χ0n) is 8.88. The first-order valence-corrected chi connectivity index (χ1v) is 4.75. The maximum absolute atomic E-state index is 10.7. The predicted octanol–water partition coefficient (Wildman–Crippen LogP) is 1.92. The minimum absolute atomic E-state index is 0.336. The summed E-state index contributed by atoms with van der Waals surface area (Å²) in [6.45, 7) is 4.41. The molecule has 0 aliphatic carbocycles. The number of hydrogen-bond donors (Lipinski definition) is 1.